The molecule has 1 rings (SSSR count). The molecule has 0 spiro atoms. The summed E-state index contributed by atoms with van der Waals surface area (Å²) in [6.07, 6.45) is 0.996. The van der Waals surface area contributed by atoms with Crippen LogP contribution >= 0.6 is 0 Å². The Hall–Kier alpha value is -1.82. The highest BCUT2D eigenvalue weighted by atomic mass is 16.5. The molecule has 1 amide bonds. The fourth-order valence-corrected chi connectivity index (χ4v) is 1.75. The van der Waals surface area contributed by atoms with E-state index in [4.69, 9.17) is 9.15 Å². The van der Waals surface area contributed by atoms with E-state index in [0.29, 0.717) is 18.6 Å². The van der Waals surface area contributed by atoms with Gasteiger partial charge in [-0.2, -0.15) is 0 Å². The third kappa shape index (κ3) is 3.82. The minimum atomic E-state index is -1.29. The lowest BCUT2D eigenvalue weighted by Gasteiger charge is -2.25. The van der Waals surface area contributed by atoms with Crippen molar-refractivity contribution in [1.29, 1.82) is 0 Å². The maximum atomic E-state index is 11.9. The van der Waals surface area contributed by atoms with Crippen LogP contribution in [0, 0.1) is 0 Å². The van der Waals surface area contributed by atoms with E-state index in [2.05, 4.69) is 5.32 Å². The van der Waals surface area contributed by atoms with Crippen LogP contribution in [0.5, 0.6) is 0 Å². The molecular weight excluding hydrogens is 250 g/mol. The first-order chi connectivity index (χ1) is 8.92. The second-order valence-electron chi connectivity index (χ2n) is 4.54. The highest BCUT2D eigenvalue weighted by Crippen LogP contribution is 2.15. The Labute approximate surface area is 111 Å². The van der Waals surface area contributed by atoms with Crippen molar-refractivity contribution in [2.75, 3.05) is 7.11 Å². The third-order valence-electron chi connectivity index (χ3n) is 2.78. The molecule has 0 aromatic carbocycles. The molecule has 1 heterocycles. The van der Waals surface area contributed by atoms with E-state index < -0.39 is 17.4 Å². The van der Waals surface area contributed by atoms with Gasteiger partial charge in [-0.3, -0.25) is 4.79 Å². The predicted octanol–water partition coefficient (Wildman–Crippen LogP) is 1.80. The summed E-state index contributed by atoms with van der Waals surface area (Å²) in [5, 5.41) is 11.7. The van der Waals surface area contributed by atoms with Crippen molar-refractivity contribution in [3.05, 3.63) is 23.7 Å². The van der Waals surface area contributed by atoms with Crippen molar-refractivity contribution in [3.8, 4) is 0 Å². The van der Waals surface area contributed by atoms with Gasteiger partial charge in [0.2, 0.25) is 0 Å². The molecule has 0 fully saturated rings. The van der Waals surface area contributed by atoms with Crippen LogP contribution < -0.4 is 5.32 Å². The van der Waals surface area contributed by atoms with Gasteiger partial charge in [-0.25, -0.2) is 4.79 Å². The van der Waals surface area contributed by atoms with Crippen LogP contribution in [-0.2, 0) is 16.1 Å². The summed E-state index contributed by atoms with van der Waals surface area (Å²) in [6.45, 7) is 3.60. The smallest absolute Gasteiger partial charge is 0.329 e. The van der Waals surface area contributed by atoms with Crippen LogP contribution in [0.2, 0.25) is 0 Å². The molecule has 0 saturated carbocycles. The molecule has 19 heavy (non-hydrogen) atoms. The number of furan rings is 1. The molecule has 1 atom stereocenters. The molecule has 2 N–H and O–H groups in total. The Bertz CT molecular complexity index is 454. The number of aliphatic carboxylic acids is 1. The molecule has 1 unspecified atom stereocenters. The Morgan fingerprint density at radius 3 is 2.68 bits per heavy atom. The van der Waals surface area contributed by atoms with Crippen LogP contribution in [0.15, 0.2) is 16.5 Å². The van der Waals surface area contributed by atoms with Gasteiger partial charge in [0.15, 0.2) is 5.76 Å². The summed E-state index contributed by atoms with van der Waals surface area (Å²) in [6, 6.07) is 3.12. The molecule has 1 aromatic heterocycles. The predicted molar refractivity (Wildman–Crippen MR) is 67.8 cm³/mol. The normalized spacial score (nSPS) is 13.8. The van der Waals surface area contributed by atoms with E-state index in [9.17, 15) is 14.7 Å². The van der Waals surface area contributed by atoms with Gasteiger partial charge in [-0.15, -0.1) is 0 Å². The summed E-state index contributed by atoms with van der Waals surface area (Å²) in [5.74, 6) is -1.01. The topological polar surface area (TPSA) is 88.8 Å². The standard InChI is InChI=1S/C13H19NO5/c1-4-7-13(2,12(16)17)14-11(15)10-6-5-9(19-10)8-18-3/h5-6H,4,7-8H2,1-3H3,(H,14,15)(H,16,17). The minimum Gasteiger partial charge on any atom is -0.480 e. The maximum absolute atomic E-state index is 11.9. The van der Waals surface area contributed by atoms with E-state index >= 15 is 0 Å². The molecule has 0 aliphatic carbocycles. The van der Waals surface area contributed by atoms with Crippen molar-refractivity contribution in [2.45, 2.75) is 38.8 Å². The number of nitrogens with one attached hydrogen (secondary N) is 1. The van der Waals surface area contributed by atoms with Crippen LogP contribution in [0.25, 0.3) is 0 Å². The number of carbonyl (C=O) groups is 2. The number of amides is 1. The van der Waals surface area contributed by atoms with E-state index in [1.165, 1.54) is 20.1 Å². The Balaban J connectivity index is 2.78. The highest BCUT2D eigenvalue weighted by molar-refractivity contribution is 5.95. The zero-order chi connectivity index (χ0) is 14.5. The number of carbonyl (C=O) groups excluding carboxylic acids is 1. The minimum absolute atomic E-state index is 0.0793. The zero-order valence-corrected chi connectivity index (χ0v) is 11.4. The zero-order valence-electron chi connectivity index (χ0n) is 11.4. The maximum Gasteiger partial charge on any atom is 0.329 e. The number of rotatable bonds is 7. The Kier molecular flexibility index (Phi) is 5.11. The Morgan fingerprint density at radius 2 is 2.16 bits per heavy atom. The van der Waals surface area contributed by atoms with Crippen molar-refractivity contribution < 1.29 is 23.8 Å². The molecule has 0 aliphatic rings. The van der Waals surface area contributed by atoms with Gasteiger partial charge in [-0.1, -0.05) is 13.3 Å². The second-order valence-corrected chi connectivity index (χ2v) is 4.54. The first-order valence-electron chi connectivity index (χ1n) is 6.06. The molecule has 0 aliphatic heterocycles. The van der Waals surface area contributed by atoms with Gasteiger partial charge in [0.05, 0.1) is 0 Å². The van der Waals surface area contributed by atoms with Crippen LogP contribution in [0.3, 0.4) is 0 Å². The summed E-state index contributed by atoms with van der Waals surface area (Å²) >= 11 is 0. The van der Waals surface area contributed by atoms with Crippen molar-refractivity contribution >= 4 is 11.9 Å². The fraction of sp³-hybridized carbons (Fsp3) is 0.538. The van der Waals surface area contributed by atoms with E-state index in [-0.39, 0.29) is 12.4 Å². The molecule has 106 valence electrons. The van der Waals surface area contributed by atoms with Gasteiger partial charge in [-0.05, 0) is 25.5 Å². The first kappa shape index (κ1) is 15.2. The number of carboxylic acids is 1. The van der Waals surface area contributed by atoms with Crippen molar-refractivity contribution in [2.24, 2.45) is 0 Å². The summed E-state index contributed by atoms with van der Waals surface area (Å²) in [4.78, 5) is 23.2. The summed E-state index contributed by atoms with van der Waals surface area (Å²) in [7, 11) is 1.52. The van der Waals surface area contributed by atoms with Gasteiger partial charge in [0.1, 0.15) is 17.9 Å². The number of carboxylic acid groups (broad SMARTS) is 1. The number of hydrogen-bond donors (Lipinski definition) is 2. The van der Waals surface area contributed by atoms with Gasteiger partial charge >= 0.3 is 5.97 Å². The van der Waals surface area contributed by atoms with Crippen LogP contribution in [0.1, 0.15) is 43.0 Å². The number of ether oxygens (including phenoxy) is 1. The van der Waals surface area contributed by atoms with Gasteiger partial charge < -0.3 is 19.6 Å². The van der Waals surface area contributed by atoms with Crippen molar-refractivity contribution in [1.82, 2.24) is 5.32 Å². The largest absolute Gasteiger partial charge is 0.480 e. The molecule has 0 saturated heterocycles. The van der Waals surface area contributed by atoms with E-state index in [1.54, 1.807) is 6.07 Å². The highest BCUT2D eigenvalue weighted by Gasteiger charge is 2.34. The van der Waals surface area contributed by atoms with Gasteiger partial charge in [0.25, 0.3) is 5.91 Å². The average Bonchev–Trinajstić information content (AvgIpc) is 2.78. The van der Waals surface area contributed by atoms with Crippen molar-refractivity contribution in [3.63, 3.8) is 0 Å². The lowest BCUT2D eigenvalue weighted by Crippen LogP contribution is -2.52. The first-order valence-corrected chi connectivity index (χ1v) is 6.06. The number of hydrogen-bond acceptors (Lipinski definition) is 4. The molecule has 0 radical (unpaired) electrons. The van der Waals surface area contributed by atoms with E-state index in [0.717, 1.165) is 0 Å². The second kappa shape index (κ2) is 6.38. The average molecular weight is 269 g/mol. The molecule has 6 nitrogen and oxygen atoms in total. The summed E-state index contributed by atoms with van der Waals surface area (Å²) in [5.41, 5.74) is -1.29. The van der Waals surface area contributed by atoms with Crippen LogP contribution in [0.4, 0.5) is 0 Å². The van der Waals surface area contributed by atoms with E-state index in [1.807, 2.05) is 6.92 Å². The third-order valence-corrected chi connectivity index (χ3v) is 2.78. The summed E-state index contributed by atoms with van der Waals surface area (Å²) < 4.78 is 10.1. The monoisotopic (exact) mass is 269 g/mol. The van der Waals surface area contributed by atoms with Crippen LogP contribution in [-0.4, -0.2) is 29.6 Å². The number of methoxy groups -OCH3 is 1. The molecule has 6 heteroatoms. The molecular formula is C13H19NO5. The fourth-order valence-electron chi connectivity index (χ4n) is 1.75. The molecule has 1 aromatic rings. The SMILES string of the molecule is CCCC(C)(NC(=O)c1ccc(COC)o1)C(=O)O. The van der Waals surface area contributed by atoms with Gasteiger partial charge in [0, 0.05) is 7.11 Å². The lowest BCUT2D eigenvalue weighted by atomic mass is 9.96. The molecule has 0 bridgehead atoms. The quantitative estimate of drug-likeness (QED) is 0.788. The lowest BCUT2D eigenvalue weighted by molar-refractivity contribution is -0.144. The Morgan fingerprint density at radius 1 is 1.47 bits per heavy atom.